The third kappa shape index (κ3) is 2.99. The Hall–Kier alpha value is -1.06. The van der Waals surface area contributed by atoms with Gasteiger partial charge in [-0.25, -0.2) is 0 Å². The summed E-state index contributed by atoms with van der Waals surface area (Å²) < 4.78 is 0. The zero-order chi connectivity index (χ0) is 12.3. The highest BCUT2D eigenvalue weighted by Gasteiger charge is 2.17. The summed E-state index contributed by atoms with van der Waals surface area (Å²) in [7, 11) is 0. The number of aryl methyl sites for hydroxylation is 1. The van der Waals surface area contributed by atoms with Crippen LogP contribution in [0.5, 0.6) is 0 Å². The molecule has 92 valence electrons. The van der Waals surface area contributed by atoms with Crippen molar-refractivity contribution in [2.45, 2.75) is 25.8 Å². The van der Waals surface area contributed by atoms with Crippen LogP contribution in [0.2, 0.25) is 5.02 Å². The van der Waals surface area contributed by atoms with E-state index in [0.29, 0.717) is 23.2 Å². The van der Waals surface area contributed by atoms with Gasteiger partial charge in [0.2, 0.25) is 0 Å². The minimum absolute atomic E-state index is 0.0817. The fourth-order valence-corrected chi connectivity index (χ4v) is 2.46. The van der Waals surface area contributed by atoms with Gasteiger partial charge in [-0.3, -0.25) is 4.79 Å². The van der Waals surface area contributed by atoms with Gasteiger partial charge in [-0.15, -0.1) is 0 Å². The van der Waals surface area contributed by atoms with Crippen molar-refractivity contribution in [1.82, 2.24) is 10.6 Å². The number of hydrogen-bond donors (Lipinski definition) is 2. The van der Waals surface area contributed by atoms with Crippen LogP contribution >= 0.6 is 11.6 Å². The van der Waals surface area contributed by atoms with Gasteiger partial charge >= 0.3 is 0 Å². The number of hydrogen-bond acceptors (Lipinski definition) is 2. The van der Waals surface area contributed by atoms with Crippen LogP contribution < -0.4 is 10.6 Å². The van der Waals surface area contributed by atoms with Gasteiger partial charge < -0.3 is 10.6 Å². The van der Waals surface area contributed by atoms with Crippen molar-refractivity contribution in [1.29, 1.82) is 0 Å². The summed E-state index contributed by atoms with van der Waals surface area (Å²) in [6.07, 6.45) is 2.31. The highest BCUT2D eigenvalue weighted by atomic mass is 35.5. The second-order valence-electron chi connectivity index (χ2n) is 4.44. The molecule has 17 heavy (non-hydrogen) atoms. The first-order valence-corrected chi connectivity index (χ1v) is 6.33. The van der Waals surface area contributed by atoms with Crippen LogP contribution in [-0.4, -0.2) is 25.0 Å². The second-order valence-corrected chi connectivity index (χ2v) is 4.84. The molecule has 1 heterocycles. The zero-order valence-corrected chi connectivity index (χ0v) is 10.7. The highest BCUT2D eigenvalue weighted by molar-refractivity contribution is 6.34. The Bertz CT molecular complexity index is 394. The van der Waals surface area contributed by atoms with Crippen molar-refractivity contribution in [2.24, 2.45) is 0 Å². The number of rotatable bonds is 3. The number of halogens is 1. The van der Waals surface area contributed by atoms with E-state index in [1.165, 1.54) is 6.42 Å². The molecule has 1 atom stereocenters. The van der Waals surface area contributed by atoms with Crippen molar-refractivity contribution in [3.63, 3.8) is 0 Å². The summed E-state index contributed by atoms with van der Waals surface area (Å²) in [5.41, 5.74) is 1.50. The van der Waals surface area contributed by atoms with Crippen molar-refractivity contribution >= 4 is 17.5 Å². The summed E-state index contributed by atoms with van der Waals surface area (Å²) >= 11 is 6.04. The largest absolute Gasteiger partial charge is 0.350 e. The predicted molar refractivity (Wildman–Crippen MR) is 69.5 cm³/mol. The third-order valence-corrected chi connectivity index (χ3v) is 3.44. The summed E-state index contributed by atoms with van der Waals surface area (Å²) in [5.74, 6) is -0.0817. The summed E-state index contributed by atoms with van der Waals surface area (Å²) in [6.45, 7) is 3.61. The zero-order valence-electron chi connectivity index (χ0n) is 9.92. The fourth-order valence-electron chi connectivity index (χ4n) is 2.15. The van der Waals surface area contributed by atoms with E-state index in [9.17, 15) is 4.79 Å². The Morgan fingerprint density at radius 2 is 2.41 bits per heavy atom. The Morgan fingerprint density at radius 1 is 1.59 bits per heavy atom. The van der Waals surface area contributed by atoms with E-state index in [4.69, 9.17) is 11.6 Å². The van der Waals surface area contributed by atoms with Gasteiger partial charge in [0.25, 0.3) is 5.91 Å². The van der Waals surface area contributed by atoms with Gasteiger partial charge in [0.05, 0.1) is 10.6 Å². The molecule has 0 saturated carbocycles. The quantitative estimate of drug-likeness (QED) is 0.865. The van der Waals surface area contributed by atoms with Crippen LogP contribution in [0, 0.1) is 6.92 Å². The molecular weight excluding hydrogens is 236 g/mol. The maximum Gasteiger partial charge on any atom is 0.253 e. The van der Waals surface area contributed by atoms with E-state index in [1.807, 2.05) is 19.1 Å². The van der Waals surface area contributed by atoms with Crippen LogP contribution in [0.1, 0.15) is 28.8 Å². The van der Waals surface area contributed by atoms with E-state index >= 15 is 0 Å². The topological polar surface area (TPSA) is 41.1 Å². The van der Waals surface area contributed by atoms with Gasteiger partial charge in [0, 0.05) is 12.6 Å². The van der Waals surface area contributed by atoms with Crippen LogP contribution in [0.15, 0.2) is 18.2 Å². The number of amides is 1. The molecule has 1 amide bonds. The smallest absolute Gasteiger partial charge is 0.253 e. The van der Waals surface area contributed by atoms with Gasteiger partial charge in [0.1, 0.15) is 0 Å². The fraction of sp³-hybridized carbons (Fsp3) is 0.462. The van der Waals surface area contributed by atoms with Gasteiger partial charge in [0.15, 0.2) is 0 Å². The van der Waals surface area contributed by atoms with Crippen LogP contribution in [0.4, 0.5) is 0 Å². The predicted octanol–water partition coefficient (Wildman–Crippen LogP) is 2.13. The first kappa shape index (κ1) is 12.4. The van der Waals surface area contributed by atoms with E-state index in [1.54, 1.807) is 6.07 Å². The molecule has 1 aromatic carbocycles. The molecule has 2 N–H and O–H groups in total. The van der Waals surface area contributed by atoms with E-state index < -0.39 is 0 Å². The molecule has 1 fully saturated rings. The molecule has 1 aliphatic rings. The van der Waals surface area contributed by atoms with Crippen molar-refractivity contribution in [2.75, 3.05) is 13.1 Å². The molecule has 1 aromatic rings. The first-order valence-electron chi connectivity index (χ1n) is 5.95. The maximum atomic E-state index is 12.0. The monoisotopic (exact) mass is 252 g/mol. The van der Waals surface area contributed by atoms with Crippen LogP contribution in [0.3, 0.4) is 0 Å². The minimum Gasteiger partial charge on any atom is -0.350 e. The highest BCUT2D eigenvalue weighted by Crippen LogP contribution is 2.19. The normalized spacial score (nSPS) is 19.3. The number of nitrogens with one attached hydrogen (secondary N) is 2. The van der Waals surface area contributed by atoms with Crippen LogP contribution in [0.25, 0.3) is 0 Å². The minimum atomic E-state index is -0.0817. The van der Waals surface area contributed by atoms with E-state index in [2.05, 4.69) is 10.6 Å². The molecule has 0 bridgehead atoms. The molecule has 0 spiro atoms. The standard InChI is InChI=1S/C13H17ClN2O/c1-9-4-2-6-11(14)12(9)13(17)16-8-10-5-3-7-15-10/h2,4,6,10,15H,3,5,7-8H2,1H3,(H,16,17)/t10-/m0/s1. The summed E-state index contributed by atoms with van der Waals surface area (Å²) in [4.78, 5) is 12.0. The summed E-state index contributed by atoms with van der Waals surface area (Å²) in [6, 6.07) is 5.90. The Morgan fingerprint density at radius 3 is 3.06 bits per heavy atom. The molecule has 3 nitrogen and oxygen atoms in total. The van der Waals surface area contributed by atoms with Crippen LogP contribution in [-0.2, 0) is 0 Å². The molecule has 0 aliphatic carbocycles. The van der Waals surface area contributed by atoms with Gasteiger partial charge in [-0.1, -0.05) is 23.7 Å². The number of carbonyl (C=O) groups is 1. The van der Waals surface area contributed by atoms with Gasteiger partial charge in [-0.05, 0) is 37.9 Å². The lowest BCUT2D eigenvalue weighted by Crippen LogP contribution is -2.37. The lowest BCUT2D eigenvalue weighted by Gasteiger charge is -2.13. The molecule has 1 aliphatic heterocycles. The summed E-state index contributed by atoms with van der Waals surface area (Å²) in [5, 5.41) is 6.80. The third-order valence-electron chi connectivity index (χ3n) is 3.12. The van der Waals surface area contributed by atoms with Crippen molar-refractivity contribution in [3.05, 3.63) is 34.3 Å². The van der Waals surface area contributed by atoms with E-state index in [0.717, 1.165) is 18.5 Å². The van der Waals surface area contributed by atoms with Gasteiger partial charge in [-0.2, -0.15) is 0 Å². The lowest BCUT2D eigenvalue weighted by molar-refractivity contribution is 0.0950. The SMILES string of the molecule is Cc1cccc(Cl)c1C(=O)NC[C@@H]1CCCN1. The number of carbonyl (C=O) groups excluding carboxylic acids is 1. The van der Waals surface area contributed by atoms with E-state index in [-0.39, 0.29) is 5.91 Å². The maximum absolute atomic E-state index is 12.0. The lowest BCUT2D eigenvalue weighted by atomic mass is 10.1. The molecular formula is C13H17ClN2O. The molecule has 2 rings (SSSR count). The Balaban J connectivity index is 1.99. The number of benzene rings is 1. The first-order chi connectivity index (χ1) is 8.18. The van der Waals surface area contributed by atoms with Crippen molar-refractivity contribution in [3.8, 4) is 0 Å². The Labute approximate surface area is 107 Å². The molecule has 0 aromatic heterocycles. The Kier molecular flexibility index (Phi) is 4.02. The average molecular weight is 253 g/mol. The molecule has 0 radical (unpaired) electrons. The average Bonchev–Trinajstić information content (AvgIpc) is 2.79. The second kappa shape index (κ2) is 5.52. The molecule has 4 heteroatoms. The molecule has 0 unspecified atom stereocenters. The molecule has 1 saturated heterocycles. The van der Waals surface area contributed by atoms with Crippen molar-refractivity contribution < 1.29 is 4.79 Å².